The smallest absolute Gasteiger partial charge is 0.341 e. The minimum absolute atomic E-state index is 0.0280. The topological polar surface area (TPSA) is 85.4 Å². The van der Waals surface area contributed by atoms with E-state index >= 15 is 0 Å². The average molecular weight is 286 g/mol. The van der Waals surface area contributed by atoms with Crippen LogP contribution in [-0.2, 0) is 5.41 Å². The molecule has 1 aromatic heterocycles. The number of carbonyl (C=O) groups is 1. The zero-order valence-electron chi connectivity index (χ0n) is 12.3. The van der Waals surface area contributed by atoms with E-state index in [0.29, 0.717) is 5.75 Å². The number of nitrogen functional groups attached to an aromatic ring is 1. The largest absolute Gasteiger partial charge is 0.477 e. The summed E-state index contributed by atoms with van der Waals surface area (Å²) in [6.07, 6.45) is 1.37. The first-order chi connectivity index (χ1) is 9.77. The number of hydrogen-bond donors (Lipinski definition) is 2. The summed E-state index contributed by atoms with van der Waals surface area (Å²) < 4.78 is 5.55. The molecular weight excluding hydrogens is 268 g/mol. The molecule has 1 heterocycles. The van der Waals surface area contributed by atoms with Gasteiger partial charge in [0.15, 0.2) is 0 Å². The number of benzene rings is 1. The number of aromatic carboxylic acids is 1. The lowest BCUT2D eigenvalue weighted by molar-refractivity contribution is 0.0693. The van der Waals surface area contributed by atoms with E-state index in [1.165, 1.54) is 17.8 Å². The van der Waals surface area contributed by atoms with Crippen LogP contribution in [0.4, 0.5) is 5.69 Å². The molecule has 2 rings (SSSR count). The molecule has 0 bridgehead atoms. The molecule has 0 unspecified atom stereocenters. The van der Waals surface area contributed by atoms with Gasteiger partial charge in [0.1, 0.15) is 11.3 Å². The molecule has 0 spiro atoms. The lowest BCUT2D eigenvalue weighted by Crippen LogP contribution is -2.10. The van der Waals surface area contributed by atoms with Crippen LogP contribution in [0, 0.1) is 0 Å². The second kappa shape index (κ2) is 5.44. The van der Waals surface area contributed by atoms with Gasteiger partial charge < -0.3 is 15.6 Å². The van der Waals surface area contributed by atoms with Gasteiger partial charge in [-0.2, -0.15) is 0 Å². The van der Waals surface area contributed by atoms with Crippen LogP contribution in [0.1, 0.15) is 36.7 Å². The molecule has 0 radical (unpaired) electrons. The van der Waals surface area contributed by atoms with E-state index < -0.39 is 5.97 Å². The molecule has 110 valence electrons. The van der Waals surface area contributed by atoms with Crippen molar-refractivity contribution >= 4 is 11.7 Å². The van der Waals surface area contributed by atoms with E-state index in [2.05, 4.69) is 25.8 Å². The highest BCUT2D eigenvalue weighted by Gasteiger charge is 2.16. The van der Waals surface area contributed by atoms with Gasteiger partial charge in [0.2, 0.25) is 5.88 Å². The maximum absolute atomic E-state index is 11.2. The quantitative estimate of drug-likeness (QED) is 0.902. The Balaban J connectivity index is 2.28. The molecular formula is C16H18N2O3. The molecule has 0 saturated carbocycles. The highest BCUT2D eigenvalue weighted by atomic mass is 16.5. The van der Waals surface area contributed by atoms with E-state index in [1.54, 1.807) is 12.1 Å². The molecule has 5 nitrogen and oxygen atoms in total. The van der Waals surface area contributed by atoms with Crippen molar-refractivity contribution in [3.8, 4) is 11.6 Å². The first kappa shape index (κ1) is 14.8. The maximum atomic E-state index is 11.2. The number of aromatic nitrogens is 1. The van der Waals surface area contributed by atoms with Crippen molar-refractivity contribution in [2.45, 2.75) is 26.2 Å². The van der Waals surface area contributed by atoms with Gasteiger partial charge in [0, 0.05) is 0 Å². The van der Waals surface area contributed by atoms with Crippen LogP contribution >= 0.6 is 0 Å². The van der Waals surface area contributed by atoms with Crippen molar-refractivity contribution in [3.63, 3.8) is 0 Å². The Morgan fingerprint density at radius 3 is 2.38 bits per heavy atom. The first-order valence-corrected chi connectivity index (χ1v) is 6.54. The third kappa shape index (κ3) is 3.51. The molecule has 2 aromatic rings. The summed E-state index contributed by atoms with van der Waals surface area (Å²) in [7, 11) is 0. The Labute approximate surface area is 123 Å². The molecule has 21 heavy (non-hydrogen) atoms. The van der Waals surface area contributed by atoms with Crippen LogP contribution in [0.5, 0.6) is 11.6 Å². The lowest BCUT2D eigenvalue weighted by atomic mass is 9.87. The summed E-state index contributed by atoms with van der Waals surface area (Å²) in [6, 6.07) is 8.82. The summed E-state index contributed by atoms with van der Waals surface area (Å²) in [4.78, 5) is 15.1. The van der Waals surface area contributed by atoms with Crippen LogP contribution in [0.3, 0.4) is 0 Å². The Morgan fingerprint density at radius 1 is 1.24 bits per heavy atom. The Kier molecular flexibility index (Phi) is 3.84. The van der Waals surface area contributed by atoms with E-state index in [9.17, 15) is 4.79 Å². The average Bonchev–Trinajstić information content (AvgIpc) is 2.40. The van der Waals surface area contributed by atoms with Crippen LogP contribution in [0.15, 0.2) is 36.5 Å². The van der Waals surface area contributed by atoms with Gasteiger partial charge >= 0.3 is 5.97 Å². The number of anilines is 1. The SMILES string of the molecule is CC(C)(C)c1ccc(Oc2ncc(N)cc2C(=O)O)cc1. The number of rotatable bonds is 3. The van der Waals surface area contributed by atoms with Gasteiger partial charge in [-0.05, 0) is 29.2 Å². The highest BCUT2D eigenvalue weighted by molar-refractivity contribution is 5.91. The number of pyridine rings is 1. The predicted octanol–water partition coefficient (Wildman–Crippen LogP) is 3.45. The Hall–Kier alpha value is -2.56. The summed E-state index contributed by atoms with van der Waals surface area (Å²) in [5.41, 5.74) is 6.98. The zero-order chi connectivity index (χ0) is 15.6. The molecule has 5 heteroatoms. The summed E-state index contributed by atoms with van der Waals surface area (Å²) in [5.74, 6) is -0.570. The van der Waals surface area contributed by atoms with Gasteiger partial charge in [0.05, 0.1) is 11.9 Å². The molecule has 0 aliphatic carbocycles. The van der Waals surface area contributed by atoms with Crippen LogP contribution in [-0.4, -0.2) is 16.1 Å². The van der Waals surface area contributed by atoms with E-state index in [-0.39, 0.29) is 22.5 Å². The molecule has 0 fully saturated rings. The molecule has 0 aliphatic rings. The number of carboxylic acid groups (broad SMARTS) is 1. The molecule has 1 aromatic carbocycles. The van der Waals surface area contributed by atoms with Gasteiger partial charge in [-0.3, -0.25) is 0 Å². The fourth-order valence-electron chi connectivity index (χ4n) is 1.84. The maximum Gasteiger partial charge on any atom is 0.341 e. The highest BCUT2D eigenvalue weighted by Crippen LogP contribution is 2.28. The third-order valence-electron chi connectivity index (χ3n) is 3.04. The van der Waals surface area contributed by atoms with Gasteiger partial charge in [-0.1, -0.05) is 32.9 Å². The normalized spacial score (nSPS) is 11.2. The molecule has 3 N–H and O–H groups in total. The van der Waals surface area contributed by atoms with Gasteiger partial charge in [-0.15, -0.1) is 0 Å². The van der Waals surface area contributed by atoms with Crippen LogP contribution in [0.2, 0.25) is 0 Å². The standard InChI is InChI=1S/C16H18N2O3/c1-16(2,3)10-4-6-12(7-5-10)21-14-13(15(19)20)8-11(17)9-18-14/h4-9H,17H2,1-3H3,(H,19,20). The molecule has 0 saturated heterocycles. The zero-order valence-corrected chi connectivity index (χ0v) is 12.3. The number of carboxylic acids is 1. The van der Waals surface area contributed by atoms with Crippen molar-refractivity contribution in [3.05, 3.63) is 47.7 Å². The van der Waals surface area contributed by atoms with Crippen molar-refractivity contribution in [2.24, 2.45) is 0 Å². The van der Waals surface area contributed by atoms with E-state index in [1.807, 2.05) is 12.1 Å². The summed E-state index contributed by atoms with van der Waals surface area (Å²) in [6.45, 7) is 6.35. The van der Waals surface area contributed by atoms with Crippen molar-refractivity contribution in [1.29, 1.82) is 0 Å². The number of hydrogen-bond acceptors (Lipinski definition) is 4. The number of ether oxygens (including phenoxy) is 1. The fourth-order valence-corrected chi connectivity index (χ4v) is 1.84. The molecule has 0 aliphatic heterocycles. The summed E-state index contributed by atoms with van der Waals surface area (Å²) in [5, 5.41) is 9.14. The van der Waals surface area contributed by atoms with E-state index in [4.69, 9.17) is 15.6 Å². The van der Waals surface area contributed by atoms with E-state index in [0.717, 1.165) is 0 Å². The van der Waals surface area contributed by atoms with Gasteiger partial charge in [0.25, 0.3) is 0 Å². The second-order valence-corrected chi connectivity index (χ2v) is 5.80. The minimum atomic E-state index is -1.13. The van der Waals surface area contributed by atoms with Crippen molar-refractivity contribution in [2.75, 3.05) is 5.73 Å². The van der Waals surface area contributed by atoms with Crippen LogP contribution in [0.25, 0.3) is 0 Å². The Morgan fingerprint density at radius 2 is 1.86 bits per heavy atom. The van der Waals surface area contributed by atoms with Crippen LogP contribution < -0.4 is 10.5 Å². The minimum Gasteiger partial charge on any atom is -0.477 e. The monoisotopic (exact) mass is 286 g/mol. The number of nitrogens with two attached hydrogens (primary N) is 1. The fraction of sp³-hybridized carbons (Fsp3) is 0.250. The third-order valence-corrected chi connectivity index (χ3v) is 3.04. The second-order valence-electron chi connectivity index (χ2n) is 5.80. The lowest BCUT2D eigenvalue weighted by Gasteiger charge is -2.19. The summed E-state index contributed by atoms with van der Waals surface area (Å²) >= 11 is 0. The number of nitrogens with zero attached hydrogens (tertiary/aromatic N) is 1. The Bertz CT molecular complexity index is 658. The van der Waals surface area contributed by atoms with Gasteiger partial charge in [-0.25, -0.2) is 9.78 Å². The predicted molar refractivity (Wildman–Crippen MR) is 80.8 cm³/mol. The van der Waals surface area contributed by atoms with Crippen molar-refractivity contribution < 1.29 is 14.6 Å². The van der Waals surface area contributed by atoms with Crippen molar-refractivity contribution in [1.82, 2.24) is 4.98 Å². The first-order valence-electron chi connectivity index (χ1n) is 6.54. The molecule has 0 atom stereocenters. The molecule has 0 amide bonds.